The Labute approximate surface area is 146 Å². The Bertz CT molecular complexity index is 879. The van der Waals surface area contributed by atoms with Crippen molar-refractivity contribution < 1.29 is 8.94 Å². The molecule has 2 aliphatic rings. The fraction of sp³-hybridized carbons (Fsp3) is 0.500. The number of aryl methyl sites for hydroxylation is 1. The summed E-state index contributed by atoms with van der Waals surface area (Å²) >= 11 is 3.29. The number of nitrogens with zero attached hydrogens (tertiary/aromatic N) is 5. The summed E-state index contributed by atoms with van der Waals surface area (Å²) in [5, 5.41) is 12.8. The van der Waals surface area contributed by atoms with Gasteiger partial charge in [0, 0.05) is 12.3 Å². The SMILES string of the molecule is Brc1ccc(-c2noc(C3CCc4nnn(C5CCC5)c4C3)n2)o1. The van der Waals surface area contributed by atoms with Crippen LogP contribution in [0.25, 0.3) is 11.6 Å². The van der Waals surface area contributed by atoms with Gasteiger partial charge in [-0.25, -0.2) is 4.68 Å². The summed E-state index contributed by atoms with van der Waals surface area (Å²) in [4.78, 5) is 4.54. The molecule has 0 radical (unpaired) electrons. The maximum atomic E-state index is 5.51. The van der Waals surface area contributed by atoms with E-state index in [0.717, 1.165) is 25.0 Å². The lowest BCUT2D eigenvalue weighted by Gasteiger charge is -2.28. The third kappa shape index (κ3) is 2.31. The first kappa shape index (κ1) is 14.4. The summed E-state index contributed by atoms with van der Waals surface area (Å²) in [6.07, 6.45) is 6.43. The number of aromatic nitrogens is 5. The standard InChI is InChI=1S/C16H16BrN5O2/c17-14-7-6-13(23-14)15-18-16(24-20-15)9-4-5-11-12(8-9)22(21-19-11)10-2-1-3-10/h6-7,9-10H,1-5,8H2. The molecule has 0 aliphatic heterocycles. The summed E-state index contributed by atoms with van der Waals surface area (Å²) in [5.74, 6) is 1.99. The lowest BCUT2D eigenvalue weighted by atomic mass is 9.87. The number of rotatable bonds is 3. The molecule has 0 saturated heterocycles. The van der Waals surface area contributed by atoms with Crippen molar-refractivity contribution >= 4 is 15.9 Å². The van der Waals surface area contributed by atoms with Crippen LogP contribution in [0.1, 0.15) is 54.9 Å². The van der Waals surface area contributed by atoms with E-state index in [9.17, 15) is 0 Å². The molecule has 1 fully saturated rings. The van der Waals surface area contributed by atoms with Crippen LogP contribution in [0.4, 0.5) is 0 Å². The molecule has 0 amide bonds. The lowest BCUT2D eigenvalue weighted by Crippen LogP contribution is -2.23. The second-order valence-corrected chi connectivity index (χ2v) is 7.29. The summed E-state index contributed by atoms with van der Waals surface area (Å²) in [7, 11) is 0. The van der Waals surface area contributed by atoms with Gasteiger partial charge in [0.05, 0.1) is 17.4 Å². The molecule has 7 nitrogen and oxygen atoms in total. The lowest BCUT2D eigenvalue weighted by molar-refractivity contribution is 0.271. The van der Waals surface area contributed by atoms with Gasteiger partial charge in [0.15, 0.2) is 10.4 Å². The predicted octanol–water partition coefficient (Wildman–Crippen LogP) is 3.68. The Kier molecular flexibility index (Phi) is 3.32. The molecule has 8 heteroatoms. The third-order valence-electron chi connectivity index (χ3n) is 5.05. The summed E-state index contributed by atoms with van der Waals surface area (Å²) < 4.78 is 13.8. The van der Waals surface area contributed by atoms with E-state index in [0.29, 0.717) is 28.2 Å². The molecule has 124 valence electrons. The summed E-state index contributed by atoms with van der Waals surface area (Å²) in [6, 6.07) is 4.17. The van der Waals surface area contributed by atoms with Crippen molar-refractivity contribution in [2.24, 2.45) is 0 Å². The molecule has 0 aromatic carbocycles. The maximum Gasteiger partial charge on any atom is 0.238 e. The van der Waals surface area contributed by atoms with Gasteiger partial charge in [-0.2, -0.15) is 4.98 Å². The van der Waals surface area contributed by atoms with Crippen molar-refractivity contribution in [3.8, 4) is 11.6 Å². The highest BCUT2D eigenvalue weighted by molar-refractivity contribution is 9.10. The first-order chi connectivity index (χ1) is 11.8. The Balaban J connectivity index is 1.41. The fourth-order valence-corrected chi connectivity index (χ4v) is 3.78. The molecular weight excluding hydrogens is 374 g/mol. The van der Waals surface area contributed by atoms with Crippen molar-refractivity contribution in [3.63, 3.8) is 0 Å². The van der Waals surface area contributed by atoms with Crippen molar-refractivity contribution in [2.75, 3.05) is 0 Å². The van der Waals surface area contributed by atoms with Gasteiger partial charge < -0.3 is 8.94 Å². The zero-order valence-corrected chi connectivity index (χ0v) is 14.6. The molecule has 2 aliphatic carbocycles. The van der Waals surface area contributed by atoms with Crippen LogP contribution in [-0.4, -0.2) is 25.1 Å². The van der Waals surface area contributed by atoms with E-state index in [1.54, 1.807) is 0 Å². The molecule has 0 spiro atoms. The summed E-state index contributed by atoms with van der Waals surface area (Å²) in [5.41, 5.74) is 2.38. The van der Waals surface area contributed by atoms with Gasteiger partial charge >= 0.3 is 0 Å². The first-order valence-corrected chi connectivity index (χ1v) is 9.09. The minimum Gasteiger partial charge on any atom is -0.446 e. The Hall–Kier alpha value is -1.96. The molecule has 3 heterocycles. The van der Waals surface area contributed by atoms with Crippen LogP contribution in [0.2, 0.25) is 0 Å². The Morgan fingerprint density at radius 1 is 1.21 bits per heavy atom. The average Bonchev–Trinajstić information content (AvgIpc) is 3.24. The van der Waals surface area contributed by atoms with Gasteiger partial charge in [0.25, 0.3) is 0 Å². The van der Waals surface area contributed by atoms with Gasteiger partial charge in [-0.3, -0.25) is 0 Å². The van der Waals surface area contributed by atoms with E-state index in [-0.39, 0.29) is 5.92 Å². The monoisotopic (exact) mass is 389 g/mol. The highest BCUT2D eigenvalue weighted by atomic mass is 79.9. The number of hydrogen-bond acceptors (Lipinski definition) is 6. The highest BCUT2D eigenvalue weighted by Gasteiger charge is 2.32. The summed E-state index contributed by atoms with van der Waals surface area (Å²) in [6.45, 7) is 0. The second kappa shape index (κ2) is 5.54. The van der Waals surface area contributed by atoms with Crippen LogP contribution in [-0.2, 0) is 12.8 Å². The van der Waals surface area contributed by atoms with Crippen molar-refractivity contribution in [1.82, 2.24) is 25.1 Å². The molecule has 5 rings (SSSR count). The van der Waals surface area contributed by atoms with Gasteiger partial charge in [0.2, 0.25) is 11.7 Å². The van der Waals surface area contributed by atoms with Crippen LogP contribution < -0.4 is 0 Å². The molecule has 3 aromatic heterocycles. The Morgan fingerprint density at radius 2 is 2.12 bits per heavy atom. The van der Waals surface area contributed by atoms with E-state index in [4.69, 9.17) is 8.94 Å². The molecule has 1 atom stereocenters. The third-order valence-corrected chi connectivity index (χ3v) is 5.47. The topological polar surface area (TPSA) is 82.8 Å². The van der Waals surface area contributed by atoms with Gasteiger partial charge in [0.1, 0.15) is 0 Å². The molecule has 24 heavy (non-hydrogen) atoms. The van der Waals surface area contributed by atoms with E-state index in [1.807, 2.05) is 12.1 Å². The average molecular weight is 390 g/mol. The van der Waals surface area contributed by atoms with Crippen LogP contribution in [0.5, 0.6) is 0 Å². The van der Waals surface area contributed by atoms with Crippen molar-refractivity contribution in [3.05, 3.63) is 34.1 Å². The van der Waals surface area contributed by atoms with Gasteiger partial charge in [-0.15, -0.1) is 5.10 Å². The quantitative estimate of drug-likeness (QED) is 0.679. The largest absolute Gasteiger partial charge is 0.446 e. The maximum absolute atomic E-state index is 5.51. The zero-order chi connectivity index (χ0) is 16.1. The molecule has 1 saturated carbocycles. The van der Waals surface area contributed by atoms with E-state index < -0.39 is 0 Å². The van der Waals surface area contributed by atoms with Crippen molar-refractivity contribution in [2.45, 2.75) is 50.5 Å². The highest BCUT2D eigenvalue weighted by Crippen LogP contribution is 2.37. The van der Waals surface area contributed by atoms with E-state index in [1.165, 1.54) is 25.0 Å². The number of furan rings is 1. The van der Waals surface area contributed by atoms with Crippen LogP contribution >= 0.6 is 15.9 Å². The molecule has 3 aromatic rings. The first-order valence-electron chi connectivity index (χ1n) is 8.30. The Morgan fingerprint density at radius 3 is 2.88 bits per heavy atom. The van der Waals surface area contributed by atoms with Crippen LogP contribution in [0.15, 0.2) is 25.7 Å². The minimum absolute atomic E-state index is 0.217. The molecule has 1 unspecified atom stereocenters. The van der Waals surface area contributed by atoms with E-state index in [2.05, 4.69) is 41.1 Å². The zero-order valence-electron chi connectivity index (χ0n) is 13.0. The molecule has 0 N–H and O–H groups in total. The number of halogens is 1. The van der Waals surface area contributed by atoms with Crippen molar-refractivity contribution in [1.29, 1.82) is 0 Å². The number of hydrogen-bond donors (Lipinski definition) is 0. The molecular formula is C16H16BrN5O2. The molecule has 0 bridgehead atoms. The van der Waals surface area contributed by atoms with Crippen LogP contribution in [0.3, 0.4) is 0 Å². The fourth-order valence-electron chi connectivity index (χ4n) is 3.47. The second-order valence-electron chi connectivity index (χ2n) is 6.51. The smallest absolute Gasteiger partial charge is 0.238 e. The minimum atomic E-state index is 0.217. The number of fused-ring (bicyclic) bond motifs is 1. The van der Waals surface area contributed by atoms with Gasteiger partial charge in [-0.1, -0.05) is 10.4 Å². The van der Waals surface area contributed by atoms with Crippen LogP contribution in [0, 0.1) is 0 Å². The van der Waals surface area contributed by atoms with Gasteiger partial charge in [-0.05, 0) is 60.2 Å². The normalized spacial score (nSPS) is 20.8. The predicted molar refractivity (Wildman–Crippen MR) is 87.4 cm³/mol. The van der Waals surface area contributed by atoms with E-state index >= 15 is 0 Å².